The second kappa shape index (κ2) is 6.65. The van der Waals surface area contributed by atoms with E-state index in [0.29, 0.717) is 17.2 Å². The standard InChI is InChI=1S/C15H18N4O/c1-3-9-16-13-7-8-14(19-18-13)17-15(20)12-6-4-5-11(2)10-12/h4-8,10H,3,9H2,1-2H3,(H,16,18)(H,17,19,20). The fourth-order valence-corrected chi connectivity index (χ4v) is 1.72. The van der Waals surface area contributed by atoms with Crippen molar-refractivity contribution in [3.63, 3.8) is 0 Å². The molecule has 104 valence electrons. The number of amides is 1. The van der Waals surface area contributed by atoms with Gasteiger partial charge in [0.15, 0.2) is 5.82 Å². The van der Waals surface area contributed by atoms with Crippen molar-refractivity contribution in [3.05, 3.63) is 47.5 Å². The van der Waals surface area contributed by atoms with Gasteiger partial charge in [-0.2, -0.15) is 0 Å². The number of nitrogens with zero attached hydrogens (tertiary/aromatic N) is 2. The zero-order chi connectivity index (χ0) is 14.4. The number of anilines is 2. The van der Waals surface area contributed by atoms with E-state index in [4.69, 9.17) is 0 Å². The van der Waals surface area contributed by atoms with Crippen molar-refractivity contribution in [2.24, 2.45) is 0 Å². The summed E-state index contributed by atoms with van der Waals surface area (Å²) in [6, 6.07) is 10.9. The number of carbonyl (C=O) groups excluding carboxylic acids is 1. The summed E-state index contributed by atoms with van der Waals surface area (Å²) in [6.45, 7) is 4.88. The van der Waals surface area contributed by atoms with Gasteiger partial charge in [-0.05, 0) is 37.6 Å². The van der Waals surface area contributed by atoms with Gasteiger partial charge in [0, 0.05) is 12.1 Å². The summed E-state index contributed by atoms with van der Waals surface area (Å²) in [5.41, 5.74) is 1.66. The van der Waals surface area contributed by atoms with Gasteiger partial charge in [0.2, 0.25) is 0 Å². The van der Waals surface area contributed by atoms with Gasteiger partial charge in [0.25, 0.3) is 5.91 Å². The van der Waals surface area contributed by atoms with Gasteiger partial charge in [-0.15, -0.1) is 10.2 Å². The van der Waals surface area contributed by atoms with E-state index in [1.54, 1.807) is 18.2 Å². The number of aryl methyl sites for hydroxylation is 1. The molecule has 0 spiro atoms. The minimum Gasteiger partial charge on any atom is -0.369 e. The van der Waals surface area contributed by atoms with Crippen LogP contribution in [0.1, 0.15) is 29.3 Å². The third kappa shape index (κ3) is 3.78. The lowest BCUT2D eigenvalue weighted by molar-refractivity contribution is 0.102. The fraction of sp³-hybridized carbons (Fsp3) is 0.267. The summed E-state index contributed by atoms with van der Waals surface area (Å²) < 4.78 is 0. The molecule has 0 aliphatic carbocycles. The Morgan fingerprint density at radius 1 is 1.15 bits per heavy atom. The molecule has 0 aliphatic rings. The minimum absolute atomic E-state index is 0.183. The Morgan fingerprint density at radius 3 is 2.55 bits per heavy atom. The van der Waals surface area contributed by atoms with Crippen LogP contribution in [0.25, 0.3) is 0 Å². The summed E-state index contributed by atoms with van der Waals surface area (Å²) in [7, 11) is 0. The topological polar surface area (TPSA) is 66.9 Å². The molecule has 2 N–H and O–H groups in total. The maximum atomic E-state index is 12.0. The highest BCUT2D eigenvalue weighted by molar-refractivity contribution is 6.03. The molecule has 2 aromatic rings. The van der Waals surface area contributed by atoms with E-state index >= 15 is 0 Å². The lowest BCUT2D eigenvalue weighted by Gasteiger charge is -2.06. The largest absolute Gasteiger partial charge is 0.369 e. The third-order valence-electron chi connectivity index (χ3n) is 2.74. The number of nitrogens with one attached hydrogen (secondary N) is 2. The van der Waals surface area contributed by atoms with Crippen molar-refractivity contribution < 1.29 is 4.79 Å². The van der Waals surface area contributed by atoms with Crippen LogP contribution in [0.4, 0.5) is 11.6 Å². The molecule has 0 radical (unpaired) electrons. The summed E-state index contributed by atoms with van der Waals surface area (Å²) in [5.74, 6) is 0.969. The van der Waals surface area contributed by atoms with Crippen molar-refractivity contribution in [1.82, 2.24) is 10.2 Å². The first kappa shape index (κ1) is 14.0. The number of hydrogen-bond donors (Lipinski definition) is 2. The first-order valence-electron chi connectivity index (χ1n) is 6.64. The van der Waals surface area contributed by atoms with Crippen LogP contribution < -0.4 is 10.6 Å². The summed E-state index contributed by atoms with van der Waals surface area (Å²) in [6.07, 6.45) is 1.02. The number of carbonyl (C=O) groups is 1. The minimum atomic E-state index is -0.183. The van der Waals surface area contributed by atoms with Crippen LogP contribution in [0, 0.1) is 6.92 Å². The lowest BCUT2D eigenvalue weighted by atomic mass is 10.1. The first-order valence-corrected chi connectivity index (χ1v) is 6.64. The Labute approximate surface area is 118 Å². The van der Waals surface area contributed by atoms with Crippen LogP contribution in [0.5, 0.6) is 0 Å². The van der Waals surface area contributed by atoms with Gasteiger partial charge in [0.05, 0.1) is 0 Å². The third-order valence-corrected chi connectivity index (χ3v) is 2.74. The first-order chi connectivity index (χ1) is 9.69. The molecule has 0 saturated heterocycles. The average Bonchev–Trinajstić information content (AvgIpc) is 2.46. The summed E-state index contributed by atoms with van der Waals surface area (Å²) in [5, 5.41) is 13.8. The Morgan fingerprint density at radius 2 is 1.90 bits per heavy atom. The van der Waals surface area contributed by atoms with Gasteiger partial charge >= 0.3 is 0 Å². The van der Waals surface area contributed by atoms with Crippen LogP contribution in [-0.2, 0) is 0 Å². The molecule has 0 atom stereocenters. The second-order valence-electron chi connectivity index (χ2n) is 4.55. The van der Waals surface area contributed by atoms with Gasteiger partial charge in [-0.1, -0.05) is 24.6 Å². The van der Waals surface area contributed by atoms with Gasteiger partial charge < -0.3 is 10.6 Å². The normalized spacial score (nSPS) is 10.1. The van der Waals surface area contributed by atoms with Gasteiger partial charge in [-0.3, -0.25) is 4.79 Å². The van der Waals surface area contributed by atoms with E-state index in [-0.39, 0.29) is 5.91 Å². The van der Waals surface area contributed by atoms with Crippen LogP contribution >= 0.6 is 0 Å². The number of hydrogen-bond acceptors (Lipinski definition) is 4. The van der Waals surface area contributed by atoms with Crippen LogP contribution in [-0.4, -0.2) is 22.6 Å². The Hall–Kier alpha value is -2.43. The van der Waals surface area contributed by atoms with Crippen molar-refractivity contribution in [2.45, 2.75) is 20.3 Å². The van der Waals surface area contributed by atoms with E-state index in [1.807, 2.05) is 25.1 Å². The number of benzene rings is 1. The van der Waals surface area contributed by atoms with Crippen molar-refractivity contribution in [1.29, 1.82) is 0 Å². The predicted molar refractivity (Wildman–Crippen MR) is 79.9 cm³/mol. The Balaban J connectivity index is 2.01. The Kier molecular flexibility index (Phi) is 4.65. The van der Waals surface area contributed by atoms with E-state index in [2.05, 4.69) is 27.8 Å². The predicted octanol–water partition coefficient (Wildman–Crippen LogP) is 2.86. The van der Waals surface area contributed by atoms with E-state index in [9.17, 15) is 4.79 Å². The van der Waals surface area contributed by atoms with Crippen molar-refractivity contribution in [2.75, 3.05) is 17.2 Å². The highest BCUT2D eigenvalue weighted by Gasteiger charge is 2.07. The fourth-order valence-electron chi connectivity index (χ4n) is 1.72. The number of aromatic nitrogens is 2. The molecule has 0 fully saturated rings. The molecule has 1 amide bonds. The summed E-state index contributed by atoms with van der Waals surface area (Å²) >= 11 is 0. The van der Waals surface area contributed by atoms with Crippen LogP contribution in [0.3, 0.4) is 0 Å². The molecule has 0 unspecified atom stereocenters. The van der Waals surface area contributed by atoms with Gasteiger partial charge in [-0.25, -0.2) is 0 Å². The zero-order valence-electron chi connectivity index (χ0n) is 11.7. The molecule has 0 aliphatic heterocycles. The molecular formula is C15H18N4O. The van der Waals surface area contributed by atoms with E-state index in [0.717, 1.165) is 18.5 Å². The molecular weight excluding hydrogens is 252 g/mol. The molecule has 0 bridgehead atoms. The molecule has 2 rings (SSSR count). The highest BCUT2D eigenvalue weighted by atomic mass is 16.1. The smallest absolute Gasteiger partial charge is 0.256 e. The Bertz CT molecular complexity index is 581. The molecule has 1 aromatic heterocycles. The maximum absolute atomic E-state index is 12.0. The van der Waals surface area contributed by atoms with Gasteiger partial charge in [0.1, 0.15) is 5.82 Å². The maximum Gasteiger partial charge on any atom is 0.256 e. The van der Waals surface area contributed by atoms with Crippen molar-refractivity contribution >= 4 is 17.5 Å². The van der Waals surface area contributed by atoms with E-state index < -0.39 is 0 Å². The highest BCUT2D eigenvalue weighted by Crippen LogP contribution is 2.09. The zero-order valence-corrected chi connectivity index (χ0v) is 11.7. The monoisotopic (exact) mass is 270 g/mol. The molecule has 0 saturated carbocycles. The second-order valence-corrected chi connectivity index (χ2v) is 4.55. The molecule has 1 heterocycles. The SMILES string of the molecule is CCCNc1ccc(NC(=O)c2cccc(C)c2)nn1. The van der Waals surface area contributed by atoms with Crippen molar-refractivity contribution in [3.8, 4) is 0 Å². The molecule has 1 aromatic carbocycles. The average molecular weight is 270 g/mol. The molecule has 5 heteroatoms. The summed E-state index contributed by atoms with van der Waals surface area (Å²) in [4.78, 5) is 12.0. The van der Waals surface area contributed by atoms with Crippen LogP contribution in [0.2, 0.25) is 0 Å². The molecule has 20 heavy (non-hydrogen) atoms. The van der Waals surface area contributed by atoms with Crippen LogP contribution in [0.15, 0.2) is 36.4 Å². The lowest BCUT2D eigenvalue weighted by Crippen LogP contribution is -2.14. The quantitative estimate of drug-likeness (QED) is 0.876. The van der Waals surface area contributed by atoms with E-state index in [1.165, 1.54) is 0 Å². The number of rotatable bonds is 5. The molecule has 5 nitrogen and oxygen atoms in total.